The quantitative estimate of drug-likeness (QED) is 0.0264. The van der Waals surface area contributed by atoms with Crippen molar-refractivity contribution in [1.82, 2.24) is 0 Å². The van der Waals surface area contributed by atoms with Crippen molar-refractivity contribution in [2.45, 2.75) is 290 Å². The number of esters is 2. The zero-order valence-corrected chi connectivity index (χ0v) is 51.7. The van der Waals surface area contributed by atoms with Crippen molar-refractivity contribution < 1.29 is 37.6 Å². The van der Waals surface area contributed by atoms with Crippen LogP contribution in [-0.4, -0.2) is 49.3 Å². The van der Waals surface area contributed by atoms with E-state index in [0.29, 0.717) is 6.42 Å². The molecule has 0 heterocycles. The van der Waals surface area contributed by atoms with Gasteiger partial charge in [0.2, 0.25) is 0 Å². The highest BCUT2D eigenvalue weighted by molar-refractivity contribution is 7.47. The van der Waals surface area contributed by atoms with Crippen molar-refractivity contribution in [2.24, 2.45) is 5.73 Å². The second kappa shape index (κ2) is 63.8. The SMILES string of the molecule is CC/C=C\C/C=C\C/C=C\C/C=C\C/C=C\C/C=C\C/C=C\C/C=C\CCCCCCCCCCC(=O)OC(COC(=O)CCCCCCCCCCCCCCC/C=C\CCCCCCCCCC)COP(=O)(O)OCCN. The lowest BCUT2D eigenvalue weighted by atomic mass is 10.0. The van der Waals surface area contributed by atoms with Crippen molar-refractivity contribution >= 4 is 19.8 Å². The molecule has 0 rings (SSSR count). The Morgan fingerprint density at radius 3 is 1.05 bits per heavy atom. The van der Waals surface area contributed by atoms with E-state index < -0.39 is 26.5 Å². The van der Waals surface area contributed by atoms with Crippen molar-refractivity contribution in [2.75, 3.05) is 26.4 Å². The monoisotopic (exact) mass is 1120 g/mol. The lowest BCUT2D eigenvalue weighted by molar-refractivity contribution is -0.161. The number of phosphoric ester groups is 1. The van der Waals surface area contributed by atoms with Crippen molar-refractivity contribution in [3.63, 3.8) is 0 Å². The van der Waals surface area contributed by atoms with Gasteiger partial charge >= 0.3 is 19.8 Å². The maximum Gasteiger partial charge on any atom is 0.472 e. The average molecular weight is 1120 g/mol. The van der Waals surface area contributed by atoms with Gasteiger partial charge in [-0.05, 0) is 103 Å². The molecule has 9 nitrogen and oxygen atoms in total. The number of hydrogen-bond acceptors (Lipinski definition) is 8. The number of rotatable bonds is 60. The maximum absolute atomic E-state index is 12.7. The normalized spacial score (nSPS) is 13.7. The summed E-state index contributed by atoms with van der Waals surface area (Å²) in [7, 11) is -4.40. The standard InChI is InChI=1S/C69H120NO8P/c1-3-5-7-9-11-13-15-17-19-21-23-25-27-29-30-31-32-33-34-35-36-38-40-42-44-46-48-50-52-54-56-58-60-62-69(72)78-67(66-77-79(73,74)76-64-63-70)65-75-68(71)61-59-57-55-53-51-49-47-45-43-41-39-37-28-26-24-22-20-18-16-14-12-10-8-6-4-2/h5,7,11,13,17,19,22-25,29-30,32-33,35-36,40,42,67H,3-4,6,8-10,12,14-16,18,20-21,26-28,31,34,37-39,41,43-66,70H2,1-2H3,(H,73,74)/b7-5-,13-11-,19-17-,24-22-,25-23-,30-29-,33-32-,36-35-,42-40-. The van der Waals surface area contributed by atoms with E-state index in [1.807, 2.05) is 0 Å². The number of hydrogen-bond donors (Lipinski definition) is 2. The Balaban J connectivity index is 3.98. The summed E-state index contributed by atoms with van der Waals surface area (Å²) in [5, 5.41) is 0. The summed E-state index contributed by atoms with van der Waals surface area (Å²) in [6.45, 7) is 3.64. The first kappa shape index (κ1) is 75.7. The molecule has 10 heteroatoms. The van der Waals surface area contributed by atoms with Crippen LogP contribution in [0.25, 0.3) is 0 Å². The minimum absolute atomic E-state index is 0.0476. The maximum atomic E-state index is 12.7. The topological polar surface area (TPSA) is 134 Å². The largest absolute Gasteiger partial charge is 0.472 e. The Morgan fingerprint density at radius 1 is 0.392 bits per heavy atom. The van der Waals surface area contributed by atoms with E-state index in [2.05, 4.69) is 123 Å². The van der Waals surface area contributed by atoms with E-state index in [1.165, 1.54) is 154 Å². The van der Waals surface area contributed by atoms with Crippen LogP contribution in [0.3, 0.4) is 0 Å². The smallest absolute Gasteiger partial charge is 0.462 e. The number of unbranched alkanes of at least 4 members (excludes halogenated alkanes) is 29. The molecule has 0 bridgehead atoms. The molecule has 0 aliphatic rings. The zero-order chi connectivity index (χ0) is 57.3. The number of phosphoric acid groups is 1. The predicted molar refractivity (Wildman–Crippen MR) is 339 cm³/mol. The van der Waals surface area contributed by atoms with Gasteiger partial charge in [-0.15, -0.1) is 0 Å². The van der Waals surface area contributed by atoms with Crippen molar-refractivity contribution in [3.05, 3.63) is 109 Å². The average Bonchev–Trinajstić information content (AvgIpc) is 3.44. The Labute approximate surface area is 486 Å². The highest BCUT2D eigenvalue weighted by atomic mass is 31.2. The highest BCUT2D eigenvalue weighted by Gasteiger charge is 2.26. The third kappa shape index (κ3) is 63.7. The molecule has 0 aromatic rings. The molecule has 3 N–H and O–H groups in total. The van der Waals surface area contributed by atoms with Gasteiger partial charge in [0, 0.05) is 19.4 Å². The Kier molecular flexibility index (Phi) is 61.2. The van der Waals surface area contributed by atoms with E-state index in [0.717, 1.165) is 96.3 Å². The van der Waals surface area contributed by atoms with E-state index in [9.17, 15) is 19.0 Å². The third-order valence-corrected chi connectivity index (χ3v) is 14.6. The molecule has 0 aromatic carbocycles. The molecule has 0 radical (unpaired) electrons. The molecule has 0 fully saturated rings. The molecular formula is C69H120NO8P. The number of carbonyl (C=O) groups excluding carboxylic acids is 2. The highest BCUT2D eigenvalue weighted by Crippen LogP contribution is 2.43. The minimum Gasteiger partial charge on any atom is -0.462 e. The summed E-state index contributed by atoms with van der Waals surface area (Å²) in [6.07, 6.45) is 87.3. The van der Waals surface area contributed by atoms with E-state index in [1.54, 1.807) is 0 Å². The molecule has 2 atom stereocenters. The number of carbonyl (C=O) groups is 2. The first-order valence-electron chi connectivity index (χ1n) is 32.4. The van der Waals surface area contributed by atoms with E-state index in [-0.39, 0.29) is 38.6 Å². The number of allylic oxidation sites excluding steroid dienone is 18. The predicted octanol–water partition coefficient (Wildman–Crippen LogP) is 21.0. The fourth-order valence-electron chi connectivity index (χ4n) is 8.88. The summed E-state index contributed by atoms with van der Waals surface area (Å²) in [4.78, 5) is 35.3. The van der Waals surface area contributed by atoms with Crippen LogP contribution in [0.4, 0.5) is 0 Å². The Hall–Kier alpha value is -3.33. The molecule has 0 saturated carbocycles. The van der Waals surface area contributed by atoms with Gasteiger partial charge in [0.25, 0.3) is 0 Å². The molecule has 79 heavy (non-hydrogen) atoms. The Morgan fingerprint density at radius 2 is 0.696 bits per heavy atom. The summed E-state index contributed by atoms with van der Waals surface area (Å²) in [6, 6.07) is 0. The molecule has 454 valence electrons. The lowest BCUT2D eigenvalue weighted by Crippen LogP contribution is -2.29. The van der Waals surface area contributed by atoms with Gasteiger partial charge in [-0.1, -0.05) is 277 Å². The summed E-state index contributed by atoms with van der Waals surface area (Å²) >= 11 is 0. The molecule has 0 saturated heterocycles. The minimum atomic E-state index is -4.40. The molecule has 2 unspecified atom stereocenters. The van der Waals surface area contributed by atoms with Gasteiger partial charge in [-0.25, -0.2) is 4.57 Å². The van der Waals surface area contributed by atoms with Crippen LogP contribution in [0.1, 0.15) is 284 Å². The van der Waals surface area contributed by atoms with Crippen LogP contribution in [0.5, 0.6) is 0 Å². The van der Waals surface area contributed by atoms with Crippen molar-refractivity contribution in [3.8, 4) is 0 Å². The molecule has 0 aliphatic carbocycles. The second-order valence-corrected chi connectivity index (χ2v) is 22.7. The fourth-order valence-corrected chi connectivity index (χ4v) is 9.65. The van der Waals surface area contributed by atoms with Gasteiger partial charge in [0.15, 0.2) is 6.10 Å². The van der Waals surface area contributed by atoms with Crippen LogP contribution >= 0.6 is 7.82 Å². The van der Waals surface area contributed by atoms with Gasteiger partial charge < -0.3 is 20.1 Å². The molecule has 0 aliphatic heterocycles. The zero-order valence-electron chi connectivity index (χ0n) is 50.8. The number of ether oxygens (including phenoxy) is 2. The molecule has 0 aromatic heterocycles. The molecule has 0 amide bonds. The first-order chi connectivity index (χ1) is 38.8. The first-order valence-corrected chi connectivity index (χ1v) is 33.9. The van der Waals surface area contributed by atoms with Gasteiger partial charge in [0.05, 0.1) is 13.2 Å². The van der Waals surface area contributed by atoms with Crippen LogP contribution in [-0.2, 0) is 32.7 Å². The van der Waals surface area contributed by atoms with Crippen LogP contribution < -0.4 is 5.73 Å². The number of nitrogens with two attached hydrogens (primary N) is 1. The lowest BCUT2D eigenvalue weighted by Gasteiger charge is -2.19. The van der Waals surface area contributed by atoms with Crippen LogP contribution in [0.15, 0.2) is 109 Å². The van der Waals surface area contributed by atoms with Crippen molar-refractivity contribution in [1.29, 1.82) is 0 Å². The Bertz CT molecular complexity index is 1660. The third-order valence-electron chi connectivity index (χ3n) is 13.6. The summed E-state index contributed by atoms with van der Waals surface area (Å²) in [5.41, 5.74) is 5.39. The summed E-state index contributed by atoms with van der Waals surface area (Å²) < 4.78 is 33.1. The van der Waals surface area contributed by atoms with Gasteiger partial charge in [-0.2, -0.15) is 0 Å². The summed E-state index contributed by atoms with van der Waals surface area (Å²) in [5.74, 6) is -0.835. The molecular weight excluding hydrogens is 1000 g/mol. The second-order valence-electron chi connectivity index (χ2n) is 21.2. The van der Waals surface area contributed by atoms with Crippen LogP contribution in [0, 0.1) is 0 Å². The van der Waals surface area contributed by atoms with E-state index in [4.69, 9.17) is 24.3 Å². The van der Waals surface area contributed by atoms with Gasteiger partial charge in [-0.3, -0.25) is 18.6 Å². The fraction of sp³-hybridized carbons (Fsp3) is 0.710. The van der Waals surface area contributed by atoms with Gasteiger partial charge in [0.1, 0.15) is 6.61 Å². The van der Waals surface area contributed by atoms with Crippen LogP contribution in [0.2, 0.25) is 0 Å². The van der Waals surface area contributed by atoms with E-state index >= 15 is 0 Å². The molecule has 0 spiro atoms.